The van der Waals surface area contributed by atoms with Crippen molar-refractivity contribution in [3.8, 4) is 0 Å². The Morgan fingerprint density at radius 1 is 1.16 bits per heavy atom. The zero-order valence-electron chi connectivity index (χ0n) is 13.5. The maximum Gasteiger partial charge on any atom is 0.240 e. The van der Waals surface area contributed by atoms with Crippen LogP contribution in [-0.4, -0.2) is 27.1 Å². The van der Waals surface area contributed by atoms with E-state index in [1.54, 1.807) is 19.1 Å². The Bertz CT molecular complexity index is 902. The number of benzene rings is 2. The van der Waals surface area contributed by atoms with Gasteiger partial charge in [-0.3, -0.25) is 4.79 Å². The fraction of sp³-hybridized carbons (Fsp3) is 0.188. The van der Waals surface area contributed by atoms with Gasteiger partial charge in [0.1, 0.15) is 11.6 Å². The molecule has 0 saturated heterocycles. The average molecular weight is 386 g/mol. The van der Waals surface area contributed by atoms with Crippen molar-refractivity contribution in [2.24, 2.45) is 0 Å². The molecule has 0 saturated carbocycles. The molecule has 0 heterocycles. The van der Waals surface area contributed by atoms with Crippen molar-refractivity contribution in [1.29, 1.82) is 0 Å². The highest BCUT2D eigenvalue weighted by atomic mass is 32.2. The number of amides is 1. The Morgan fingerprint density at radius 2 is 1.88 bits per heavy atom. The summed E-state index contributed by atoms with van der Waals surface area (Å²) in [6, 6.07) is 7.47. The number of rotatable bonds is 6. The van der Waals surface area contributed by atoms with Crippen molar-refractivity contribution in [2.45, 2.75) is 16.7 Å². The summed E-state index contributed by atoms with van der Waals surface area (Å²) in [6.45, 7) is 1.64. The second-order valence-electron chi connectivity index (χ2n) is 5.10. The van der Waals surface area contributed by atoms with Crippen LogP contribution in [0.15, 0.2) is 46.2 Å². The van der Waals surface area contributed by atoms with E-state index >= 15 is 0 Å². The van der Waals surface area contributed by atoms with Gasteiger partial charge in [0.25, 0.3) is 0 Å². The Labute approximate surface area is 148 Å². The highest BCUT2D eigenvalue weighted by Crippen LogP contribution is 2.24. The maximum absolute atomic E-state index is 13.5. The summed E-state index contributed by atoms with van der Waals surface area (Å²) in [5, 5.41) is 2.54. The normalized spacial score (nSPS) is 11.4. The van der Waals surface area contributed by atoms with Crippen molar-refractivity contribution in [2.75, 3.05) is 18.1 Å². The number of halogens is 2. The summed E-state index contributed by atoms with van der Waals surface area (Å²) < 4.78 is 52.7. The Kier molecular flexibility index (Phi) is 6.15. The molecule has 2 rings (SSSR count). The van der Waals surface area contributed by atoms with E-state index in [-0.39, 0.29) is 15.5 Å². The molecule has 25 heavy (non-hydrogen) atoms. The van der Waals surface area contributed by atoms with Gasteiger partial charge in [-0.15, -0.1) is 11.8 Å². The second kappa shape index (κ2) is 7.94. The quantitative estimate of drug-likeness (QED) is 0.749. The van der Waals surface area contributed by atoms with Crippen LogP contribution in [-0.2, 0) is 14.8 Å². The van der Waals surface area contributed by atoms with Gasteiger partial charge in [0.2, 0.25) is 15.9 Å². The Hall–Kier alpha value is -1.97. The van der Waals surface area contributed by atoms with Crippen molar-refractivity contribution in [3.05, 3.63) is 53.6 Å². The lowest BCUT2D eigenvalue weighted by Gasteiger charge is -2.10. The first-order chi connectivity index (χ1) is 11.7. The number of anilines is 1. The number of hydrogen-bond donors (Lipinski definition) is 2. The van der Waals surface area contributed by atoms with Crippen LogP contribution in [0.5, 0.6) is 0 Å². The predicted molar refractivity (Wildman–Crippen MR) is 93.1 cm³/mol. The minimum absolute atomic E-state index is 0.0255. The van der Waals surface area contributed by atoms with Gasteiger partial charge in [-0.1, -0.05) is 6.07 Å². The zero-order valence-corrected chi connectivity index (χ0v) is 15.1. The summed E-state index contributed by atoms with van der Waals surface area (Å²) in [6.07, 6.45) is 0. The molecule has 0 aliphatic carbocycles. The molecule has 0 bridgehead atoms. The first kappa shape index (κ1) is 19.4. The lowest BCUT2D eigenvalue weighted by Crippen LogP contribution is -2.20. The van der Waals surface area contributed by atoms with Crippen molar-refractivity contribution in [3.63, 3.8) is 0 Å². The van der Waals surface area contributed by atoms with E-state index in [1.165, 1.54) is 13.1 Å². The summed E-state index contributed by atoms with van der Waals surface area (Å²) in [5.41, 5.74) is 0.827. The summed E-state index contributed by atoms with van der Waals surface area (Å²) in [4.78, 5) is 12.1. The first-order valence-electron chi connectivity index (χ1n) is 7.15. The first-order valence-corrected chi connectivity index (χ1v) is 9.61. The summed E-state index contributed by atoms with van der Waals surface area (Å²) >= 11 is 0.848. The van der Waals surface area contributed by atoms with Crippen LogP contribution >= 0.6 is 11.8 Å². The lowest BCUT2D eigenvalue weighted by atomic mass is 10.2. The van der Waals surface area contributed by atoms with Crippen molar-refractivity contribution in [1.82, 2.24) is 4.72 Å². The number of nitrogens with one attached hydrogen (secondary N) is 2. The molecule has 2 aromatic carbocycles. The van der Waals surface area contributed by atoms with Crippen LogP contribution < -0.4 is 10.0 Å². The van der Waals surface area contributed by atoms with Gasteiger partial charge in [0, 0.05) is 10.6 Å². The molecule has 0 aliphatic rings. The third-order valence-electron chi connectivity index (χ3n) is 3.28. The molecule has 2 N–H and O–H groups in total. The fourth-order valence-corrected chi connectivity index (χ4v) is 3.76. The van der Waals surface area contributed by atoms with Gasteiger partial charge in [0.15, 0.2) is 0 Å². The van der Waals surface area contributed by atoms with E-state index in [1.807, 2.05) is 0 Å². The molecule has 9 heteroatoms. The highest BCUT2D eigenvalue weighted by molar-refractivity contribution is 8.00. The molecule has 0 atom stereocenters. The van der Waals surface area contributed by atoms with Gasteiger partial charge in [-0.25, -0.2) is 21.9 Å². The molecule has 134 valence electrons. The largest absolute Gasteiger partial charge is 0.325 e. The minimum atomic E-state index is -3.65. The van der Waals surface area contributed by atoms with Crippen LogP contribution in [0.1, 0.15) is 5.56 Å². The highest BCUT2D eigenvalue weighted by Gasteiger charge is 2.16. The molecule has 0 aliphatic heterocycles. The van der Waals surface area contributed by atoms with Crippen LogP contribution in [0.4, 0.5) is 14.5 Å². The van der Waals surface area contributed by atoms with Gasteiger partial charge < -0.3 is 5.32 Å². The predicted octanol–water partition coefficient (Wildman–Crippen LogP) is 2.91. The topological polar surface area (TPSA) is 75.3 Å². The van der Waals surface area contributed by atoms with Gasteiger partial charge in [0.05, 0.1) is 10.6 Å². The monoisotopic (exact) mass is 386 g/mol. The second-order valence-corrected chi connectivity index (χ2v) is 7.97. The van der Waals surface area contributed by atoms with Gasteiger partial charge >= 0.3 is 0 Å². The van der Waals surface area contributed by atoms with E-state index < -0.39 is 27.6 Å². The third kappa shape index (κ3) is 5.00. The molecule has 5 nitrogen and oxygen atoms in total. The number of sulfonamides is 1. The van der Waals surface area contributed by atoms with Gasteiger partial charge in [-0.2, -0.15) is 0 Å². The smallest absolute Gasteiger partial charge is 0.240 e. The number of thioether (sulfide) groups is 1. The molecule has 2 aromatic rings. The minimum Gasteiger partial charge on any atom is -0.325 e. The third-order valence-corrected chi connectivity index (χ3v) is 5.87. The van der Waals surface area contributed by atoms with Crippen LogP contribution in [0.3, 0.4) is 0 Å². The number of aryl methyl sites for hydroxylation is 1. The Morgan fingerprint density at radius 3 is 2.56 bits per heavy atom. The molecule has 0 spiro atoms. The molecule has 0 radical (unpaired) electrons. The number of carbonyl (C=O) groups excluding carboxylic acids is 1. The van der Waals surface area contributed by atoms with Crippen LogP contribution in [0, 0.1) is 18.6 Å². The molecule has 0 unspecified atom stereocenters. The van der Waals surface area contributed by atoms with Crippen molar-refractivity contribution < 1.29 is 22.0 Å². The number of hydrogen-bond acceptors (Lipinski definition) is 4. The van der Waals surface area contributed by atoms with E-state index in [0.29, 0.717) is 11.3 Å². The van der Waals surface area contributed by atoms with E-state index in [4.69, 9.17) is 0 Å². The molecular formula is C16H16F2N2O3S2. The van der Waals surface area contributed by atoms with E-state index in [2.05, 4.69) is 10.0 Å². The lowest BCUT2D eigenvalue weighted by molar-refractivity contribution is -0.113. The summed E-state index contributed by atoms with van der Waals surface area (Å²) in [7, 11) is -2.35. The SMILES string of the molecule is CNS(=O)(=O)c1cc(NC(=O)CSc2cc(F)ccc2F)ccc1C. The van der Waals surface area contributed by atoms with E-state index in [9.17, 15) is 22.0 Å². The summed E-state index contributed by atoms with van der Waals surface area (Å²) in [5.74, 6) is -1.82. The standard InChI is InChI=1S/C16H16F2N2O3S2/c1-10-3-5-12(8-15(10)25(22,23)19-2)20-16(21)9-24-14-7-11(17)4-6-13(14)18/h3-8,19H,9H2,1-2H3,(H,20,21). The number of carbonyl (C=O) groups is 1. The molecule has 0 fully saturated rings. The van der Waals surface area contributed by atoms with E-state index in [0.717, 1.165) is 30.0 Å². The maximum atomic E-state index is 13.5. The van der Waals surface area contributed by atoms with Gasteiger partial charge in [-0.05, 0) is 49.9 Å². The molecule has 0 aromatic heterocycles. The van der Waals surface area contributed by atoms with Crippen LogP contribution in [0.2, 0.25) is 0 Å². The fourth-order valence-electron chi connectivity index (χ4n) is 2.01. The van der Waals surface area contributed by atoms with Crippen LogP contribution in [0.25, 0.3) is 0 Å². The van der Waals surface area contributed by atoms with Crippen molar-refractivity contribution >= 4 is 33.4 Å². The zero-order chi connectivity index (χ0) is 18.6. The Balaban J connectivity index is 2.08. The molecular weight excluding hydrogens is 370 g/mol. The average Bonchev–Trinajstić information content (AvgIpc) is 2.57. The molecule has 1 amide bonds.